The summed E-state index contributed by atoms with van der Waals surface area (Å²) in [6, 6.07) is 29.4. The van der Waals surface area contributed by atoms with Crippen LogP contribution in [0.4, 0.5) is 0 Å². The van der Waals surface area contributed by atoms with Gasteiger partial charge in [0.15, 0.2) is 5.69 Å². The summed E-state index contributed by atoms with van der Waals surface area (Å²) in [4.78, 5) is 12.2. The monoisotopic (exact) mass is 339 g/mol. The number of carbonyl (C=O) groups is 1. The molecule has 4 rings (SSSR count). The van der Waals surface area contributed by atoms with Crippen LogP contribution in [-0.2, 0) is 0 Å². The van der Waals surface area contributed by atoms with Crippen molar-refractivity contribution in [2.45, 2.75) is 0 Å². The van der Waals surface area contributed by atoms with Gasteiger partial charge in [-0.1, -0.05) is 78.9 Å². The van der Waals surface area contributed by atoms with E-state index in [0.717, 1.165) is 28.1 Å². The summed E-state index contributed by atoms with van der Waals surface area (Å²) in [5.74, 6) is -0.546. The van der Waals surface area contributed by atoms with Gasteiger partial charge in [0, 0.05) is 11.1 Å². The van der Waals surface area contributed by atoms with Crippen LogP contribution in [0.15, 0.2) is 91.0 Å². The van der Waals surface area contributed by atoms with Crippen LogP contribution in [0, 0.1) is 0 Å². The van der Waals surface area contributed by atoms with Crippen molar-refractivity contribution in [3.8, 4) is 28.1 Å². The average molecular weight is 339 g/mol. The van der Waals surface area contributed by atoms with Crippen LogP contribution < -0.4 is 5.73 Å². The smallest absolute Gasteiger partial charge is 0.269 e. The molecule has 3 aromatic carbocycles. The molecule has 1 heterocycles. The second-order valence-electron chi connectivity index (χ2n) is 5.92. The van der Waals surface area contributed by atoms with Crippen LogP contribution in [0.2, 0.25) is 0 Å². The predicted octanol–water partition coefficient (Wildman–Crippen LogP) is 4.31. The van der Waals surface area contributed by atoms with Crippen molar-refractivity contribution in [3.63, 3.8) is 0 Å². The number of amides is 1. The molecule has 0 aliphatic rings. The third kappa shape index (κ3) is 2.78. The highest BCUT2D eigenvalue weighted by Gasteiger charge is 2.24. The van der Waals surface area contributed by atoms with Crippen LogP contribution in [-0.4, -0.2) is 15.7 Å². The van der Waals surface area contributed by atoms with Gasteiger partial charge in [0.1, 0.15) is 0 Å². The molecule has 0 aliphatic carbocycles. The quantitative estimate of drug-likeness (QED) is 0.602. The Bertz CT molecular complexity index is 1040. The number of nitrogens with zero attached hydrogens (tertiary/aromatic N) is 2. The molecule has 1 aromatic heterocycles. The molecule has 126 valence electrons. The van der Waals surface area contributed by atoms with E-state index in [1.807, 2.05) is 91.0 Å². The minimum Gasteiger partial charge on any atom is -0.364 e. The summed E-state index contributed by atoms with van der Waals surface area (Å²) in [6.45, 7) is 0. The van der Waals surface area contributed by atoms with Gasteiger partial charge >= 0.3 is 0 Å². The molecule has 0 spiro atoms. The van der Waals surface area contributed by atoms with E-state index in [2.05, 4.69) is 5.10 Å². The Labute approximate surface area is 151 Å². The van der Waals surface area contributed by atoms with Crippen LogP contribution in [0.3, 0.4) is 0 Å². The van der Waals surface area contributed by atoms with E-state index in [-0.39, 0.29) is 5.69 Å². The molecule has 4 nitrogen and oxygen atoms in total. The molecule has 2 N–H and O–H groups in total. The number of rotatable bonds is 4. The third-order valence-electron chi connectivity index (χ3n) is 4.23. The Kier molecular flexibility index (Phi) is 4.07. The van der Waals surface area contributed by atoms with Crippen LogP contribution >= 0.6 is 0 Å². The van der Waals surface area contributed by atoms with Crippen LogP contribution in [0.5, 0.6) is 0 Å². The Hall–Kier alpha value is -3.66. The number of nitrogens with two attached hydrogens (primary N) is 1. The summed E-state index contributed by atoms with van der Waals surface area (Å²) in [5, 5.41) is 4.57. The SMILES string of the molecule is NC(=O)c1nn(-c2ccccc2)c(-c2ccccc2)c1-c1ccccc1. The number of aromatic nitrogens is 2. The maximum atomic E-state index is 12.2. The van der Waals surface area contributed by atoms with Crippen LogP contribution in [0.25, 0.3) is 28.1 Å². The summed E-state index contributed by atoms with van der Waals surface area (Å²) >= 11 is 0. The van der Waals surface area contributed by atoms with Crippen molar-refractivity contribution in [1.29, 1.82) is 0 Å². The summed E-state index contributed by atoms with van der Waals surface area (Å²) in [7, 11) is 0. The standard InChI is InChI=1S/C22H17N3O/c23-22(26)20-19(16-10-4-1-5-11-16)21(17-12-6-2-7-13-17)25(24-20)18-14-8-3-9-15-18/h1-15H,(H2,23,26). The zero-order valence-electron chi connectivity index (χ0n) is 14.0. The predicted molar refractivity (Wildman–Crippen MR) is 103 cm³/mol. The second kappa shape index (κ2) is 6.69. The number of carbonyl (C=O) groups excluding carboxylic acids is 1. The molecule has 0 atom stereocenters. The zero-order valence-corrected chi connectivity index (χ0v) is 14.0. The van der Waals surface area contributed by atoms with Crippen molar-refractivity contribution in [3.05, 3.63) is 96.7 Å². The maximum absolute atomic E-state index is 12.2. The Balaban J connectivity index is 2.09. The summed E-state index contributed by atoms with van der Waals surface area (Å²) in [6.07, 6.45) is 0. The van der Waals surface area contributed by atoms with Gasteiger partial charge in [-0.25, -0.2) is 4.68 Å². The molecular formula is C22H17N3O. The van der Waals surface area contributed by atoms with Gasteiger partial charge in [-0.15, -0.1) is 0 Å². The number of hydrogen-bond donors (Lipinski definition) is 1. The first-order chi connectivity index (χ1) is 12.8. The van der Waals surface area contributed by atoms with Gasteiger partial charge in [0.25, 0.3) is 5.91 Å². The summed E-state index contributed by atoms with van der Waals surface area (Å²) < 4.78 is 1.79. The molecule has 4 heteroatoms. The molecule has 0 aliphatic heterocycles. The molecule has 1 amide bonds. The van der Waals surface area contributed by atoms with Gasteiger partial charge in [-0.3, -0.25) is 4.79 Å². The van der Waals surface area contributed by atoms with E-state index in [1.54, 1.807) is 4.68 Å². The first-order valence-electron chi connectivity index (χ1n) is 8.35. The minimum atomic E-state index is -0.546. The highest BCUT2D eigenvalue weighted by atomic mass is 16.1. The Morgan fingerprint density at radius 3 is 1.77 bits per heavy atom. The molecule has 0 radical (unpaired) electrons. The van der Waals surface area contributed by atoms with E-state index < -0.39 is 5.91 Å². The van der Waals surface area contributed by atoms with Crippen molar-refractivity contribution in [1.82, 2.24) is 9.78 Å². The average Bonchev–Trinajstić information content (AvgIpc) is 3.11. The highest BCUT2D eigenvalue weighted by Crippen LogP contribution is 2.36. The lowest BCUT2D eigenvalue weighted by atomic mass is 9.98. The third-order valence-corrected chi connectivity index (χ3v) is 4.23. The number of primary amides is 1. The van der Waals surface area contributed by atoms with Gasteiger partial charge < -0.3 is 5.73 Å². The Morgan fingerprint density at radius 1 is 0.731 bits per heavy atom. The molecule has 26 heavy (non-hydrogen) atoms. The fraction of sp³-hybridized carbons (Fsp3) is 0. The highest BCUT2D eigenvalue weighted by molar-refractivity contribution is 6.02. The minimum absolute atomic E-state index is 0.263. The lowest BCUT2D eigenvalue weighted by Crippen LogP contribution is -2.13. The topological polar surface area (TPSA) is 60.9 Å². The molecule has 0 unspecified atom stereocenters. The lowest BCUT2D eigenvalue weighted by molar-refractivity contribution is 0.0996. The molecule has 4 aromatic rings. The van der Waals surface area contributed by atoms with Crippen molar-refractivity contribution < 1.29 is 4.79 Å². The summed E-state index contributed by atoms with van der Waals surface area (Å²) in [5.41, 5.74) is 10.3. The second-order valence-corrected chi connectivity index (χ2v) is 5.92. The van der Waals surface area contributed by atoms with E-state index in [0.29, 0.717) is 0 Å². The fourth-order valence-electron chi connectivity index (χ4n) is 3.09. The van der Waals surface area contributed by atoms with E-state index in [1.165, 1.54) is 0 Å². The largest absolute Gasteiger partial charge is 0.364 e. The molecule has 0 fully saturated rings. The number of hydrogen-bond acceptors (Lipinski definition) is 2. The van der Waals surface area contributed by atoms with Gasteiger partial charge in [0.05, 0.1) is 11.4 Å². The number of benzene rings is 3. The van der Waals surface area contributed by atoms with Gasteiger partial charge in [-0.05, 0) is 17.7 Å². The zero-order chi connectivity index (χ0) is 17.9. The fourth-order valence-corrected chi connectivity index (χ4v) is 3.09. The first kappa shape index (κ1) is 15.8. The lowest BCUT2D eigenvalue weighted by Gasteiger charge is -2.10. The normalized spacial score (nSPS) is 10.6. The van der Waals surface area contributed by atoms with Crippen molar-refractivity contribution in [2.75, 3.05) is 0 Å². The molecule has 0 saturated carbocycles. The van der Waals surface area contributed by atoms with E-state index >= 15 is 0 Å². The molecule has 0 bridgehead atoms. The van der Waals surface area contributed by atoms with E-state index in [9.17, 15) is 4.79 Å². The van der Waals surface area contributed by atoms with Gasteiger partial charge in [0.2, 0.25) is 0 Å². The van der Waals surface area contributed by atoms with Crippen molar-refractivity contribution in [2.24, 2.45) is 5.73 Å². The molecular weight excluding hydrogens is 322 g/mol. The maximum Gasteiger partial charge on any atom is 0.269 e. The van der Waals surface area contributed by atoms with Gasteiger partial charge in [-0.2, -0.15) is 5.10 Å². The van der Waals surface area contributed by atoms with Crippen molar-refractivity contribution >= 4 is 5.91 Å². The first-order valence-corrected chi connectivity index (χ1v) is 8.35. The van der Waals surface area contributed by atoms with E-state index in [4.69, 9.17) is 5.73 Å². The number of para-hydroxylation sites is 1. The molecule has 0 saturated heterocycles. The van der Waals surface area contributed by atoms with Crippen LogP contribution in [0.1, 0.15) is 10.5 Å². The Morgan fingerprint density at radius 2 is 1.23 bits per heavy atom.